The monoisotopic (exact) mass is 472 g/mol. The molecule has 0 bridgehead atoms. The molecular weight excluding hydrogens is 461 g/mol. The number of alkyl halides is 2. The van der Waals surface area contributed by atoms with Crippen molar-refractivity contribution in [2.45, 2.75) is 22.2 Å². The largest absolute Gasteiger partial charge is 0.456 e. The van der Waals surface area contributed by atoms with E-state index < -0.39 is 43.3 Å². The molecule has 2 aromatic rings. The first kappa shape index (κ1) is 20.4. The lowest BCUT2D eigenvalue weighted by Crippen LogP contribution is -2.44. The van der Waals surface area contributed by atoms with Crippen molar-refractivity contribution in [2.75, 3.05) is 0 Å². The lowest BCUT2D eigenvalue weighted by Gasteiger charge is -2.29. The Morgan fingerprint density at radius 1 is 1.39 bits per heavy atom. The Balaban J connectivity index is 2.20. The maximum absolute atomic E-state index is 14.7. The van der Waals surface area contributed by atoms with Crippen molar-refractivity contribution in [3.63, 3.8) is 0 Å². The summed E-state index contributed by atoms with van der Waals surface area (Å²) in [6.45, 7) is 3.34. The maximum Gasteiger partial charge on any atom is 0.364 e. The van der Waals surface area contributed by atoms with Crippen LogP contribution in [-0.2, 0) is 15.3 Å². The number of hydrogen-bond donors (Lipinski definition) is 2. The highest BCUT2D eigenvalue weighted by Crippen LogP contribution is 2.58. The molecule has 0 aliphatic carbocycles. The Hall–Kier alpha value is -2.35. The van der Waals surface area contributed by atoms with Gasteiger partial charge in [-0.3, -0.25) is 0 Å². The van der Waals surface area contributed by atoms with Crippen LogP contribution in [0.15, 0.2) is 52.4 Å². The fourth-order valence-electron chi connectivity index (χ4n) is 3.01. The van der Waals surface area contributed by atoms with Crippen LogP contribution in [0.2, 0.25) is 0 Å². The molecule has 1 heterocycles. The average Bonchev–Trinajstić information content (AvgIpc) is 2.73. The molecule has 2 aromatic carbocycles. The minimum absolute atomic E-state index is 0.0174. The first-order valence-electron chi connectivity index (χ1n) is 7.70. The van der Waals surface area contributed by atoms with Crippen LogP contribution in [0, 0.1) is 21.9 Å². The number of nitrogens with zero attached hydrogens (tertiary/aromatic N) is 1. The normalized spacial score (nSPS) is 25.0. The molecule has 0 spiro atoms. The number of halogens is 4. The third kappa shape index (κ3) is 2.73. The lowest BCUT2D eigenvalue weighted by molar-refractivity contribution is -0.124. The summed E-state index contributed by atoms with van der Waals surface area (Å²) in [6, 6.07) is 7.14. The van der Waals surface area contributed by atoms with Crippen LogP contribution in [0.5, 0.6) is 11.5 Å². The number of aliphatic hydroxyl groups is 1. The second-order valence-corrected chi connectivity index (χ2v) is 8.92. The minimum atomic E-state index is -4.66. The van der Waals surface area contributed by atoms with Crippen molar-refractivity contribution in [1.82, 2.24) is 0 Å². The van der Waals surface area contributed by atoms with E-state index in [4.69, 9.17) is 14.8 Å². The van der Waals surface area contributed by atoms with Gasteiger partial charge in [0, 0.05) is 18.1 Å². The van der Waals surface area contributed by atoms with Crippen LogP contribution in [0.1, 0.15) is 17.5 Å². The van der Waals surface area contributed by atoms with Crippen molar-refractivity contribution in [1.29, 1.82) is 10.0 Å². The van der Waals surface area contributed by atoms with E-state index in [9.17, 15) is 22.5 Å². The highest BCUT2D eigenvalue weighted by Gasteiger charge is 2.68. The zero-order valence-corrected chi connectivity index (χ0v) is 16.4. The third-order valence-electron chi connectivity index (χ3n) is 4.30. The van der Waals surface area contributed by atoms with Gasteiger partial charge in [0.15, 0.2) is 5.60 Å². The van der Waals surface area contributed by atoms with Gasteiger partial charge < -0.3 is 9.84 Å². The molecule has 10 heteroatoms. The standard InChI is InChI=1S/C18H12BrF3N2O3S/c1-2-5-17(25)15-14(28(24,26)18(17,21)22)4-3-13(16(15)19)27-12-7-10(9-23)6-11(20)8-12/h2-4,6-8,24-25H,1,5H2. The predicted octanol–water partition coefficient (Wildman–Crippen LogP) is 5.03. The van der Waals surface area contributed by atoms with Crippen LogP contribution in [0.3, 0.4) is 0 Å². The van der Waals surface area contributed by atoms with Crippen molar-refractivity contribution >= 4 is 25.7 Å². The molecule has 0 saturated carbocycles. The summed E-state index contributed by atoms with van der Waals surface area (Å²) in [6.07, 6.45) is 0.369. The van der Waals surface area contributed by atoms with Crippen molar-refractivity contribution < 1.29 is 27.2 Å². The second-order valence-electron chi connectivity index (χ2n) is 6.07. The zero-order valence-electron chi connectivity index (χ0n) is 14.0. The highest BCUT2D eigenvalue weighted by atomic mass is 79.9. The number of ether oxygens (including phenoxy) is 1. The zero-order chi connectivity index (χ0) is 20.9. The van der Waals surface area contributed by atoms with Gasteiger partial charge >= 0.3 is 5.25 Å². The summed E-state index contributed by atoms with van der Waals surface area (Å²) in [5.74, 6) is -0.917. The fraction of sp³-hybridized carbons (Fsp3) is 0.167. The molecule has 3 rings (SSSR count). The van der Waals surface area contributed by atoms with E-state index in [1.54, 1.807) is 6.07 Å². The predicted molar refractivity (Wildman–Crippen MR) is 98.1 cm³/mol. The minimum Gasteiger partial charge on any atom is -0.456 e. The summed E-state index contributed by atoms with van der Waals surface area (Å²) in [5, 5.41) is 15.3. The molecule has 5 nitrogen and oxygen atoms in total. The Bertz CT molecular complexity index is 1150. The Labute approximate surface area is 167 Å². The van der Waals surface area contributed by atoms with Gasteiger partial charge in [0.25, 0.3) is 0 Å². The van der Waals surface area contributed by atoms with Gasteiger partial charge in [-0.15, -0.1) is 6.58 Å². The SMILES string of the molecule is C=CCC1(O)c2c(ccc(Oc3cc(F)cc(C#N)c3)c2Br)S(=N)(=O)C1(F)F. The Kier molecular flexibility index (Phi) is 4.82. The number of hydrogen-bond acceptors (Lipinski definition) is 5. The molecule has 0 amide bonds. The molecule has 0 radical (unpaired) electrons. The number of nitriles is 1. The number of fused-ring (bicyclic) bond motifs is 1. The van der Waals surface area contributed by atoms with Crippen molar-refractivity contribution in [2.24, 2.45) is 0 Å². The molecule has 2 unspecified atom stereocenters. The van der Waals surface area contributed by atoms with E-state index in [1.807, 2.05) is 0 Å². The Morgan fingerprint density at radius 2 is 2.07 bits per heavy atom. The number of rotatable bonds is 4. The first-order chi connectivity index (χ1) is 13.0. The molecule has 2 atom stereocenters. The van der Waals surface area contributed by atoms with E-state index >= 15 is 0 Å². The van der Waals surface area contributed by atoms with Gasteiger partial charge in [0.2, 0.25) is 0 Å². The van der Waals surface area contributed by atoms with Gasteiger partial charge in [-0.05, 0) is 40.2 Å². The molecule has 1 aliphatic rings. The van der Waals surface area contributed by atoms with Crippen LogP contribution >= 0.6 is 15.9 Å². The van der Waals surface area contributed by atoms with Gasteiger partial charge in [0.1, 0.15) is 27.0 Å². The van der Waals surface area contributed by atoms with Crippen LogP contribution in [0.25, 0.3) is 0 Å². The second kappa shape index (κ2) is 6.62. The van der Waals surface area contributed by atoms with Gasteiger partial charge in [-0.2, -0.15) is 14.0 Å². The third-order valence-corrected chi connectivity index (χ3v) is 7.11. The van der Waals surface area contributed by atoms with E-state index in [0.29, 0.717) is 0 Å². The maximum atomic E-state index is 14.7. The van der Waals surface area contributed by atoms with E-state index in [2.05, 4.69) is 22.5 Å². The molecule has 0 aromatic heterocycles. The first-order valence-corrected chi connectivity index (χ1v) is 10.1. The van der Waals surface area contributed by atoms with E-state index in [0.717, 1.165) is 24.3 Å². The molecular formula is C18H12BrF3N2O3S. The molecule has 0 saturated heterocycles. The van der Waals surface area contributed by atoms with Crippen molar-refractivity contribution in [3.8, 4) is 17.6 Å². The van der Waals surface area contributed by atoms with Gasteiger partial charge in [-0.1, -0.05) is 6.08 Å². The van der Waals surface area contributed by atoms with Gasteiger partial charge in [-0.25, -0.2) is 13.4 Å². The quantitative estimate of drug-likeness (QED) is 0.610. The smallest absolute Gasteiger partial charge is 0.364 e. The van der Waals surface area contributed by atoms with E-state index in [1.165, 1.54) is 12.1 Å². The fourth-order valence-corrected chi connectivity index (χ4v) is 5.65. The molecule has 28 heavy (non-hydrogen) atoms. The lowest BCUT2D eigenvalue weighted by atomic mass is 9.90. The summed E-state index contributed by atoms with van der Waals surface area (Å²) in [7, 11) is -4.66. The molecule has 0 fully saturated rings. The van der Waals surface area contributed by atoms with Crippen LogP contribution in [0.4, 0.5) is 13.2 Å². The summed E-state index contributed by atoms with van der Waals surface area (Å²) in [5.41, 5.74) is -3.41. The summed E-state index contributed by atoms with van der Waals surface area (Å²) >= 11 is 3.07. The van der Waals surface area contributed by atoms with Gasteiger partial charge in [0.05, 0.1) is 21.0 Å². The molecule has 146 valence electrons. The number of benzene rings is 2. The summed E-state index contributed by atoms with van der Waals surface area (Å²) < 4.78 is 68.6. The highest BCUT2D eigenvalue weighted by molar-refractivity contribution is 9.10. The van der Waals surface area contributed by atoms with E-state index in [-0.39, 0.29) is 21.5 Å². The topological polar surface area (TPSA) is 94.2 Å². The van der Waals surface area contributed by atoms with Crippen LogP contribution in [-0.4, -0.2) is 14.6 Å². The Morgan fingerprint density at radius 3 is 2.68 bits per heavy atom. The molecule has 2 N–H and O–H groups in total. The summed E-state index contributed by atoms with van der Waals surface area (Å²) in [4.78, 5) is -0.530. The van der Waals surface area contributed by atoms with Crippen molar-refractivity contribution in [3.05, 3.63) is 64.4 Å². The van der Waals surface area contributed by atoms with Crippen LogP contribution < -0.4 is 4.74 Å². The molecule has 1 aliphatic heterocycles. The average molecular weight is 473 g/mol. The number of nitrogens with one attached hydrogen (secondary N) is 1.